The van der Waals surface area contributed by atoms with Crippen LogP contribution in [0, 0.1) is 23.2 Å². The number of sulfonamides is 1. The molecule has 0 aliphatic heterocycles. The first kappa shape index (κ1) is 17.9. The molecule has 0 atom stereocenters. The summed E-state index contributed by atoms with van der Waals surface area (Å²) >= 11 is 0. The Balaban J connectivity index is 1.27. The zero-order chi connectivity index (χ0) is 18.2. The highest BCUT2D eigenvalue weighted by Crippen LogP contribution is 2.60. The zero-order valence-electron chi connectivity index (χ0n) is 15.0. The van der Waals surface area contributed by atoms with Crippen LogP contribution in [0.4, 0.5) is 0 Å². The number of aromatic nitrogens is 1. The normalized spacial score (nSPS) is 32.5. The zero-order valence-corrected chi connectivity index (χ0v) is 15.8. The lowest BCUT2D eigenvalue weighted by Gasteiger charge is -2.55. The molecule has 0 spiro atoms. The third kappa shape index (κ3) is 3.78. The number of hydrogen-bond acceptors (Lipinski definition) is 4. The predicted molar refractivity (Wildman–Crippen MR) is 98.5 cm³/mol. The topological polar surface area (TPSA) is 88.2 Å². The van der Waals surface area contributed by atoms with Gasteiger partial charge in [0.1, 0.15) is 0 Å². The maximum Gasteiger partial charge on any atom is 0.226 e. The standard InChI is InChI=1S/C19H27N3O3S/c23-18(19-9-15-6-16(10-19)8-17(7-15)11-19)21-4-5-26(24,25)22-13-14-2-1-3-20-12-14/h1-3,12,15-17,22H,4-11,13H2,(H,21,23). The minimum Gasteiger partial charge on any atom is -0.355 e. The van der Waals surface area contributed by atoms with Crippen molar-refractivity contribution in [3.8, 4) is 0 Å². The lowest BCUT2D eigenvalue weighted by atomic mass is 9.49. The summed E-state index contributed by atoms with van der Waals surface area (Å²) in [6, 6.07) is 3.60. The van der Waals surface area contributed by atoms with E-state index in [1.54, 1.807) is 18.5 Å². The largest absolute Gasteiger partial charge is 0.355 e. The van der Waals surface area contributed by atoms with Gasteiger partial charge in [-0.2, -0.15) is 0 Å². The van der Waals surface area contributed by atoms with Crippen molar-refractivity contribution < 1.29 is 13.2 Å². The number of rotatable bonds is 7. The van der Waals surface area contributed by atoms with Crippen molar-refractivity contribution in [3.63, 3.8) is 0 Å². The molecule has 4 bridgehead atoms. The van der Waals surface area contributed by atoms with Gasteiger partial charge in [-0.3, -0.25) is 9.78 Å². The van der Waals surface area contributed by atoms with E-state index in [4.69, 9.17) is 0 Å². The van der Waals surface area contributed by atoms with E-state index < -0.39 is 10.0 Å². The van der Waals surface area contributed by atoms with Gasteiger partial charge in [0, 0.05) is 30.9 Å². The fraction of sp³-hybridized carbons (Fsp3) is 0.684. The number of hydrogen-bond donors (Lipinski definition) is 2. The molecule has 0 unspecified atom stereocenters. The highest BCUT2D eigenvalue weighted by molar-refractivity contribution is 7.89. The van der Waals surface area contributed by atoms with Crippen LogP contribution in [0.3, 0.4) is 0 Å². The minimum absolute atomic E-state index is 0.0825. The number of carbonyl (C=O) groups excluding carboxylic acids is 1. The average molecular weight is 378 g/mol. The van der Waals surface area contributed by atoms with Gasteiger partial charge in [-0.05, 0) is 67.9 Å². The second-order valence-electron chi connectivity index (χ2n) is 8.46. The Labute approximate surface area is 155 Å². The van der Waals surface area contributed by atoms with Crippen molar-refractivity contribution in [1.82, 2.24) is 15.0 Å². The van der Waals surface area contributed by atoms with Gasteiger partial charge in [0.15, 0.2) is 0 Å². The van der Waals surface area contributed by atoms with Crippen molar-refractivity contribution in [2.24, 2.45) is 23.2 Å². The molecule has 4 aliphatic rings. The van der Waals surface area contributed by atoms with Crippen LogP contribution in [0.5, 0.6) is 0 Å². The van der Waals surface area contributed by atoms with E-state index in [2.05, 4.69) is 15.0 Å². The smallest absolute Gasteiger partial charge is 0.226 e. The van der Waals surface area contributed by atoms with Gasteiger partial charge in [0.2, 0.25) is 15.9 Å². The van der Waals surface area contributed by atoms with Crippen molar-refractivity contribution in [2.45, 2.75) is 45.1 Å². The molecule has 5 rings (SSSR count). The molecule has 2 N–H and O–H groups in total. The van der Waals surface area contributed by atoms with E-state index in [1.807, 2.05) is 6.07 Å². The number of pyridine rings is 1. The van der Waals surface area contributed by atoms with Gasteiger partial charge in [-0.1, -0.05) is 6.07 Å². The maximum absolute atomic E-state index is 12.8. The number of carbonyl (C=O) groups is 1. The molecule has 26 heavy (non-hydrogen) atoms. The lowest BCUT2D eigenvalue weighted by Crippen LogP contribution is -2.54. The first-order valence-electron chi connectivity index (χ1n) is 9.59. The molecule has 4 fully saturated rings. The molecule has 1 aromatic heterocycles. The summed E-state index contributed by atoms with van der Waals surface area (Å²) in [4.78, 5) is 16.8. The molecule has 6 nitrogen and oxygen atoms in total. The van der Waals surface area contributed by atoms with Gasteiger partial charge in [-0.25, -0.2) is 13.1 Å². The van der Waals surface area contributed by atoms with Crippen LogP contribution in [-0.4, -0.2) is 31.6 Å². The molecule has 142 valence electrons. The van der Waals surface area contributed by atoms with Gasteiger partial charge < -0.3 is 5.32 Å². The molecule has 7 heteroatoms. The Morgan fingerprint density at radius 1 is 1.15 bits per heavy atom. The average Bonchev–Trinajstić information content (AvgIpc) is 2.60. The highest BCUT2D eigenvalue weighted by atomic mass is 32.2. The van der Waals surface area contributed by atoms with Crippen LogP contribution in [0.15, 0.2) is 24.5 Å². The molecule has 1 heterocycles. The number of nitrogens with one attached hydrogen (secondary N) is 2. The molecule has 0 saturated heterocycles. The van der Waals surface area contributed by atoms with Crippen molar-refractivity contribution >= 4 is 15.9 Å². The third-order valence-corrected chi connectivity index (χ3v) is 7.72. The Bertz CT molecular complexity index is 728. The van der Waals surface area contributed by atoms with E-state index in [1.165, 1.54) is 19.3 Å². The van der Waals surface area contributed by atoms with Crippen LogP contribution < -0.4 is 10.0 Å². The number of amides is 1. The molecular formula is C19H27N3O3S. The molecule has 0 aromatic carbocycles. The quantitative estimate of drug-likeness (QED) is 0.759. The summed E-state index contributed by atoms with van der Waals surface area (Å²) in [5.74, 6) is 2.11. The predicted octanol–water partition coefficient (Wildman–Crippen LogP) is 1.83. The molecule has 4 aliphatic carbocycles. The van der Waals surface area contributed by atoms with E-state index in [0.29, 0.717) is 17.8 Å². The van der Waals surface area contributed by atoms with Crippen molar-refractivity contribution in [3.05, 3.63) is 30.1 Å². The van der Waals surface area contributed by atoms with Gasteiger partial charge in [-0.15, -0.1) is 0 Å². The van der Waals surface area contributed by atoms with Gasteiger partial charge >= 0.3 is 0 Å². The molecule has 4 saturated carbocycles. The Kier molecular flexibility index (Phi) is 4.77. The monoisotopic (exact) mass is 377 g/mol. The fourth-order valence-electron chi connectivity index (χ4n) is 5.64. The van der Waals surface area contributed by atoms with E-state index in [0.717, 1.165) is 24.8 Å². The summed E-state index contributed by atoms with van der Waals surface area (Å²) in [6.45, 7) is 0.391. The van der Waals surface area contributed by atoms with Gasteiger partial charge in [0.25, 0.3) is 0 Å². The maximum atomic E-state index is 12.8. The molecule has 0 radical (unpaired) electrons. The van der Waals surface area contributed by atoms with E-state index in [-0.39, 0.29) is 30.2 Å². The Morgan fingerprint density at radius 2 is 1.81 bits per heavy atom. The van der Waals surface area contributed by atoms with Crippen molar-refractivity contribution in [2.75, 3.05) is 12.3 Å². The highest BCUT2D eigenvalue weighted by Gasteiger charge is 2.54. The first-order valence-corrected chi connectivity index (χ1v) is 11.2. The lowest BCUT2D eigenvalue weighted by molar-refractivity contribution is -0.146. The minimum atomic E-state index is -3.42. The van der Waals surface area contributed by atoms with Gasteiger partial charge in [0.05, 0.1) is 5.75 Å². The van der Waals surface area contributed by atoms with Crippen LogP contribution in [0.25, 0.3) is 0 Å². The second-order valence-corrected chi connectivity index (χ2v) is 10.4. The molecule has 1 amide bonds. The van der Waals surface area contributed by atoms with E-state index >= 15 is 0 Å². The second kappa shape index (κ2) is 6.93. The Hall–Kier alpha value is -1.47. The number of nitrogens with zero attached hydrogens (tertiary/aromatic N) is 1. The Morgan fingerprint density at radius 3 is 2.38 bits per heavy atom. The van der Waals surface area contributed by atoms with Crippen LogP contribution in [0.1, 0.15) is 44.1 Å². The SMILES string of the molecule is O=C(NCCS(=O)(=O)NCc1cccnc1)C12CC3CC(CC(C3)C1)C2. The van der Waals surface area contributed by atoms with E-state index in [9.17, 15) is 13.2 Å². The summed E-state index contributed by atoms with van der Waals surface area (Å²) < 4.78 is 26.9. The first-order chi connectivity index (χ1) is 12.4. The fourth-order valence-corrected chi connectivity index (χ4v) is 6.55. The third-order valence-electron chi connectivity index (χ3n) is 6.40. The summed E-state index contributed by atoms with van der Waals surface area (Å²) in [5, 5.41) is 2.92. The van der Waals surface area contributed by atoms with Crippen LogP contribution in [-0.2, 0) is 21.4 Å². The summed E-state index contributed by atoms with van der Waals surface area (Å²) in [5.41, 5.74) is 0.593. The molecule has 1 aromatic rings. The summed E-state index contributed by atoms with van der Waals surface area (Å²) in [6.07, 6.45) is 10.2. The van der Waals surface area contributed by atoms with Crippen LogP contribution >= 0.6 is 0 Å². The van der Waals surface area contributed by atoms with Crippen molar-refractivity contribution in [1.29, 1.82) is 0 Å². The van der Waals surface area contributed by atoms with Crippen LogP contribution in [0.2, 0.25) is 0 Å². The summed E-state index contributed by atoms with van der Waals surface area (Å²) in [7, 11) is -3.42. The molecular weight excluding hydrogens is 350 g/mol.